The normalized spacial score (nSPS) is 12.3. The van der Waals surface area contributed by atoms with E-state index in [0.29, 0.717) is 12.0 Å². The van der Waals surface area contributed by atoms with Crippen LogP contribution in [0.4, 0.5) is 0 Å². The molecule has 0 aliphatic heterocycles. The molecule has 0 unspecified atom stereocenters. The number of ketones is 1. The van der Waals surface area contributed by atoms with Crippen LogP contribution in [0.5, 0.6) is 0 Å². The van der Waals surface area contributed by atoms with Crippen LogP contribution in [0.15, 0.2) is 114 Å². The topological polar surface area (TPSA) is 30.0 Å². The summed E-state index contributed by atoms with van der Waals surface area (Å²) < 4.78 is 0.741. The van der Waals surface area contributed by atoms with Crippen molar-refractivity contribution in [3.05, 3.63) is 125 Å². The summed E-state index contributed by atoms with van der Waals surface area (Å²) >= 11 is 10.1. The Bertz CT molecular complexity index is 1170. The summed E-state index contributed by atoms with van der Waals surface area (Å²) in [6, 6.07) is 33.3. The molecule has 0 spiro atoms. The van der Waals surface area contributed by atoms with E-state index in [1.807, 2.05) is 84.9 Å². The molecule has 0 saturated carbocycles. The third kappa shape index (κ3) is 4.77. The molecule has 4 rings (SSSR count). The van der Waals surface area contributed by atoms with Crippen molar-refractivity contribution in [2.45, 2.75) is 12.1 Å². The van der Waals surface area contributed by atoms with E-state index in [-0.39, 0.29) is 11.4 Å². The van der Waals surface area contributed by atoms with Crippen molar-refractivity contribution in [1.82, 2.24) is 4.98 Å². The number of pyridine rings is 1. The Balaban J connectivity index is 1.91. The third-order valence-electron chi connectivity index (χ3n) is 5.27. The van der Waals surface area contributed by atoms with Crippen LogP contribution < -0.4 is 10.6 Å². The second kappa shape index (κ2) is 9.82. The Morgan fingerprint density at radius 2 is 1.29 bits per heavy atom. The quantitative estimate of drug-likeness (QED) is 0.168. The monoisotopic (exact) mass is 505 g/mol. The van der Waals surface area contributed by atoms with E-state index in [2.05, 4.69) is 40.2 Å². The standard InChI is InChI=1S/C26H21BrNOPS/c27-26-18-10-17-23(28-26)25(19-24(29)20-11-4-1-5-12-20)30(31,21-13-6-2-7-14-21)22-15-8-3-9-16-22/h1-18,25H,19H2/t25-/m0/s1. The fourth-order valence-electron chi connectivity index (χ4n) is 3.75. The van der Waals surface area contributed by atoms with Gasteiger partial charge in [-0.1, -0.05) is 109 Å². The van der Waals surface area contributed by atoms with Crippen LogP contribution in [-0.2, 0) is 11.8 Å². The van der Waals surface area contributed by atoms with Crippen LogP contribution in [0, 0.1) is 0 Å². The van der Waals surface area contributed by atoms with Gasteiger partial charge in [0.05, 0.1) is 5.69 Å². The molecule has 3 aromatic carbocycles. The number of rotatable bonds is 7. The molecule has 0 aliphatic carbocycles. The van der Waals surface area contributed by atoms with Crippen molar-refractivity contribution in [3.63, 3.8) is 0 Å². The molecule has 0 bridgehead atoms. The Hall–Kier alpha value is -2.39. The Kier molecular flexibility index (Phi) is 6.92. The fraction of sp³-hybridized carbons (Fsp3) is 0.0769. The molecule has 0 amide bonds. The Morgan fingerprint density at radius 1 is 0.774 bits per heavy atom. The molecule has 154 valence electrons. The highest BCUT2D eigenvalue weighted by atomic mass is 79.9. The largest absolute Gasteiger partial charge is 0.294 e. The Morgan fingerprint density at radius 3 is 1.81 bits per heavy atom. The summed E-state index contributed by atoms with van der Waals surface area (Å²) in [6.07, 6.45) is 0.300. The van der Waals surface area contributed by atoms with E-state index in [1.165, 1.54) is 0 Å². The molecule has 1 aromatic heterocycles. The molecule has 0 fully saturated rings. The second-order valence-electron chi connectivity index (χ2n) is 7.22. The molecule has 2 nitrogen and oxygen atoms in total. The number of carbonyl (C=O) groups excluding carboxylic acids is 1. The van der Waals surface area contributed by atoms with Gasteiger partial charge in [0, 0.05) is 23.7 Å². The molecule has 0 aliphatic rings. The average Bonchev–Trinajstić information content (AvgIpc) is 2.83. The predicted octanol–water partition coefficient (Wildman–Crippen LogP) is 6.29. The number of nitrogens with zero attached hydrogens (tertiary/aromatic N) is 1. The van der Waals surface area contributed by atoms with Crippen LogP contribution >= 0.6 is 22.0 Å². The van der Waals surface area contributed by atoms with E-state index in [4.69, 9.17) is 16.8 Å². The molecule has 0 radical (unpaired) electrons. The lowest BCUT2D eigenvalue weighted by Gasteiger charge is -2.32. The van der Waals surface area contributed by atoms with E-state index in [0.717, 1.165) is 20.9 Å². The zero-order chi connectivity index (χ0) is 21.7. The average molecular weight is 506 g/mol. The van der Waals surface area contributed by atoms with Crippen molar-refractivity contribution in [3.8, 4) is 0 Å². The van der Waals surface area contributed by atoms with Crippen molar-refractivity contribution < 1.29 is 4.79 Å². The second-order valence-corrected chi connectivity index (χ2v) is 12.7. The number of carbonyl (C=O) groups is 1. The SMILES string of the molecule is O=C(C[C@@H](c1cccc(Br)n1)P(=S)(c1ccccc1)c1ccccc1)c1ccccc1. The van der Waals surface area contributed by atoms with Gasteiger partial charge in [-0.15, -0.1) is 0 Å². The van der Waals surface area contributed by atoms with Gasteiger partial charge in [-0.3, -0.25) is 4.79 Å². The Labute approximate surface area is 196 Å². The maximum absolute atomic E-state index is 13.4. The summed E-state index contributed by atoms with van der Waals surface area (Å²) in [5, 5.41) is 2.17. The fourth-order valence-corrected chi connectivity index (χ4v) is 8.58. The summed E-state index contributed by atoms with van der Waals surface area (Å²) in [7, 11) is 0. The highest BCUT2D eigenvalue weighted by Gasteiger charge is 2.36. The van der Waals surface area contributed by atoms with Crippen LogP contribution in [0.2, 0.25) is 0 Å². The lowest BCUT2D eigenvalue weighted by molar-refractivity contribution is 0.0981. The first-order chi connectivity index (χ1) is 15.1. The van der Waals surface area contributed by atoms with Gasteiger partial charge in [-0.2, -0.15) is 0 Å². The molecule has 4 aromatic rings. The first kappa shape index (κ1) is 21.8. The zero-order valence-corrected chi connectivity index (χ0v) is 20.1. The molecule has 1 heterocycles. The molecule has 0 saturated heterocycles. The van der Waals surface area contributed by atoms with Crippen molar-refractivity contribution in [2.24, 2.45) is 0 Å². The lowest BCUT2D eigenvalue weighted by atomic mass is 10.0. The van der Waals surface area contributed by atoms with Gasteiger partial charge in [-0.05, 0) is 38.7 Å². The van der Waals surface area contributed by atoms with Crippen LogP contribution in [0.25, 0.3) is 0 Å². The highest BCUT2D eigenvalue weighted by molar-refractivity contribution is 9.10. The van der Waals surface area contributed by atoms with Crippen LogP contribution in [0.3, 0.4) is 0 Å². The number of hydrogen-bond acceptors (Lipinski definition) is 3. The molecular formula is C26H21BrNOPS. The van der Waals surface area contributed by atoms with Crippen molar-refractivity contribution in [1.29, 1.82) is 0 Å². The maximum atomic E-state index is 13.4. The number of Topliss-reactive ketones (excluding diaryl/α,β-unsaturated/α-hetero) is 1. The van der Waals surface area contributed by atoms with Crippen LogP contribution in [0.1, 0.15) is 28.1 Å². The number of hydrogen-bond donors (Lipinski definition) is 0. The van der Waals surface area contributed by atoms with Gasteiger partial charge in [0.15, 0.2) is 5.78 Å². The number of benzene rings is 3. The van der Waals surface area contributed by atoms with Gasteiger partial charge in [0.2, 0.25) is 0 Å². The summed E-state index contributed by atoms with van der Waals surface area (Å²) in [6.45, 7) is 0. The molecule has 1 atom stereocenters. The van der Waals surface area contributed by atoms with Crippen molar-refractivity contribution in [2.75, 3.05) is 0 Å². The molecule has 5 heteroatoms. The van der Waals surface area contributed by atoms with Crippen LogP contribution in [-0.4, -0.2) is 10.8 Å². The number of halogens is 1. The first-order valence-corrected chi connectivity index (χ1v) is 13.7. The van der Waals surface area contributed by atoms with Gasteiger partial charge in [0.1, 0.15) is 4.60 Å². The molecule has 31 heavy (non-hydrogen) atoms. The lowest BCUT2D eigenvalue weighted by Crippen LogP contribution is -2.23. The van der Waals surface area contributed by atoms with E-state index < -0.39 is 6.04 Å². The predicted molar refractivity (Wildman–Crippen MR) is 137 cm³/mol. The zero-order valence-electron chi connectivity index (χ0n) is 16.8. The summed E-state index contributed by atoms with van der Waals surface area (Å²) in [4.78, 5) is 18.1. The van der Waals surface area contributed by atoms with E-state index in [1.54, 1.807) is 0 Å². The van der Waals surface area contributed by atoms with E-state index in [9.17, 15) is 4.79 Å². The first-order valence-electron chi connectivity index (χ1n) is 10.0. The molecule has 0 N–H and O–H groups in total. The minimum Gasteiger partial charge on any atom is -0.294 e. The number of aromatic nitrogens is 1. The van der Waals surface area contributed by atoms with Crippen molar-refractivity contribution >= 4 is 50.2 Å². The minimum atomic E-state index is -2.42. The highest BCUT2D eigenvalue weighted by Crippen LogP contribution is 2.59. The van der Waals surface area contributed by atoms with Gasteiger partial charge >= 0.3 is 0 Å². The van der Waals surface area contributed by atoms with E-state index >= 15 is 0 Å². The van der Waals surface area contributed by atoms with Gasteiger partial charge < -0.3 is 0 Å². The smallest absolute Gasteiger partial charge is 0.163 e. The summed E-state index contributed by atoms with van der Waals surface area (Å²) in [5.74, 6) is 0.0773. The summed E-state index contributed by atoms with van der Waals surface area (Å²) in [5.41, 5.74) is 1.32. The molecular weight excluding hydrogens is 485 g/mol. The van der Waals surface area contributed by atoms with Gasteiger partial charge in [-0.25, -0.2) is 4.98 Å². The maximum Gasteiger partial charge on any atom is 0.163 e. The third-order valence-corrected chi connectivity index (χ3v) is 11.2. The van der Waals surface area contributed by atoms with Gasteiger partial charge in [0.25, 0.3) is 0 Å². The minimum absolute atomic E-state index is 0.0773.